The average Bonchev–Trinajstić information content (AvgIpc) is 2.28. The van der Waals surface area contributed by atoms with Crippen LogP contribution in [-0.2, 0) is 6.54 Å². The molecule has 1 atom stereocenters. The molecule has 0 spiro atoms. The monoisotopic (exact) mass is 283 g/mol. The lowest BCUT2D eigenvalue weighted by atomic mass is 10.1. The highest BCUT2D eigenvalue weighted by Crippen LogP contribution is 2.15. The van der Waals surface area contributed by atoms with Gasteiger partial charge in [0.25, 0.3) is 0 Å². The van der Waals surface area contributed by atoms with Crippen LogP contribution in [0.3, 0.4) is 0 Å². The number of hydrogen-bond acceptors (Lipinski definition) is 1. The fourth-order valence-corrected chi connectivity index (χ4v) is 1.85. The van der Waals surface area contributed by atoms with Gasteiger partial charge in [-0.3, -0.25) is 5.32 Å². The largest absolute Gasteiger partial charge is 0.299 e. The molecule has 0 saturated carbocycles. The molecule has 1 N–H and O–H groups in total. The third-order valence-corrected chi connectivity index (χ3v) is 2.82. The van der Waals surface area contributed by atoms with E-state index in [2.05, 4.69) is 34.1 Å². The highest BCUT2D eigenvalue weighted by molar-refractivity contribution is 9.10. The first-order chi connectivity index (χ1) is 7.67. The molecule has 1 unspecified atom stereocenters. The van der Waals surface area contributed by atoms with Crippen LogP contribution in [0.2, 0.25) is 0 Å². The third-order valence-electron chi connectivity index (χ3n) is 2.33. The van der Waals surface area contributed by atoms with Gasteiger partial charge in [-0.05, 0) is 24.6 Å². The van der Waals surface area contributed by atoms with Crippen molar-refractivity contribution >= 4 is 15.9 Å². The van der Waals surface area contributed by atoms with Gasteiger partial charge in [-0.2, -0.15) is 0 Å². The number of rotatable bonds is 5. The Morgan fingerprint density at radius 1 is 1.56 bits per heavy atom. The lowest BCUT2D eigenvalue weighted by molar-refractivity contribution is 0.539. The fourth-order valence-electron chi connectivity index (χ4n) is 1.44. The predicted molar refractivity (Wildman–Crippen MR) is 68.5 cm³/mol. The Kier molecular flexibility index (Phi) is 5.51. The minimum atomic E-state index is -0.206. The van der Waals surface area contributed by atoms with Crippen LogP contribution in [0.25, 0.3) is 0 Å². The molecule has 0 heterocycles. The van der Waals surface area contributed by atoms with Crippen LogP contribution in [0, 0.1) is 18.2 Å². The number of benzene rings is 1. The van der Waals surface area contributed by atoms with Crippen molar-refractivity contribution in [2.24, 2.45) is 0 Å². The summed E-state index contributed by atoms with van der Waals surface area (Å²) in [5, 5.41) is 3.16. The zero-order chi connectivity index (χ0) is 12.0. The van der Waals surface area contributed by atoms with Crippen LogP contribution in [-0.4, -0.2) is 6.04 Å². The first kappa shape index (κ1) is 13.2. The zero-order valence-electron chi connectivity index (χ0n) is 9.26. The fraction of sp³-hybridized carbons (Fsp3) is 0.385. The first-order valence-corrected chi connectivity index (χ1v) is 6.10. The van der Waals surface area contributed by atoms with Crippen LogP contribution in [0.15, 0.2) is 22.7 Å². The second kappa shape index (κ2) is 6.67. The minimum absolute atomic E-state index is 0.0170. The van der Waals surface area contributed by atoms with Crippen LogP contribution >= 0.6 is 15.9 Å². The molecule has 0 amide bonds. The van der Waals surface area contributed by atoms with Crippen molar-refractivity contribution in [3.8, 4) is 12.3 Å². The number of hydrogen-bond donors (Lipinski definition) is 1. The summed E-state index contributed by atoms with van der Waals surface area (Å²) in [7, 11) is 0. The normalized spacial score (nSPS) is 12.1. The minimum Gasteiger partial charge on any atom is -0.299 e. The maximum Gasteiger partial charge on any atom is 0.127 e. The Labute approximate surface area is 105 Å². The summed E-state index contributed by atoms with van der Waals surface area (Å²) in [4.78, 5) is 0. The quantitative estimate of drug-likeness (QED) is 0.816. The SMILES string of the molecule is C#CC(CCC)NCc1cc(Br)ccc1F. The number of terminal acetylenes is 1. The van der Waals surface area contributed by atoms with Crippen LogP contribution < -0.4 is 5.32 Å². The van der Waals surface area contributed by atoms with Gasteiger partial charge in [-0.15, -0.1) is 6.42 Å². The van der Waals surface area contributed by atoms with Gasteiger partial charge in [0.1, 0.15) is 5.82 Å². The summed E-state index contributed by atoms with van der Waals surface area (Å²) >= 11 is 3.32. The van der Waals surface area contributed by atoms with Crippen molar-refractivity contribution in [1.29, 1.82) is 0 Å². The van der Waals surface area contributed by atoms with Crippen LogP contribution in [0.1, 0.15) is 25.3 Å². The van der Waals surface area contributed by atoms with E-state index in [1.54, 1.807) is 12.1 Å². The van der Waals surface area contributed by atoms with Crippen LogP contribution in [0.4, 0.5) is 4.39 Å². The molecule has 1 aromatic carbocycles. The van der Waals surface area contributed by atoms with E-state index < -0.39 is 0 Å². The lowest BCUT2D eigenvalue weighted by Gasteiger charge is -2.12. The van der Waals surface area contributed by atoms with Crippen molar-refractivity contribution in [2.45, 2.75) is 32.4 Å². The molecule has 0 bridgehead atoms. The molecule has 0 aliphatic heterocycles. The van der Waals surface area contributed by atoms with Crippen molar-refractivity contribution in [3.63, 3.8) is 0 Å². The Balaban J connectivity index is 2.60. The van der Waals surface area contributed by atoms with E-state index >= 15 is 0 Å². The summed E-state index contributed by atoms with van der Waals surface area (Å²) < 4.78 is 14.3. The van der Waals surface area contributed by atoms with E-state index in [0.29, 0.717) is 12.1 Å². The van der Waals surface area contributed by atoms with Crippen molar-refractivity contribution in [2.75, 3.05) is 0 Å². The van der Waals surface area contributed by atoms with Crippen molar-refractivity contribution in [3.05, 3.63) is 34.1 Å². The van der Waals surface area contributed by atoms with E-state index in [0.717, 1.165) is 17.3 Å². The van der Waals surface area contributed by atoms with Crippen molar-refractivity contribution < 1.29 is 4.39 Å². The molecule has 0 aliphatic rings. The molecule has 0 fully saturated rings. The Bertz CT molecular complexity index is 384. The van der Waals surface area contributed by atoms with Gasteiger partial charge in [0, 0.05) is 16.6 Å². The molecule has 16 heavy (non-hydrogen) atoms. The molecule has 1 rings (SSSR count). The van der Waals surface area contributed by atoms with E-state index in [4.69, 9.17) is 6.42 Å². The zero-order valence-corrected chi connectivity index (χ0v) is 10.8. The van der Waals surface area contributed by atoms with Gasteiger partial charge >= 0.3 is 0 Å². The smallest absolute Gasteiger partial charge is 0.127 e. The molecule has 0 aliphatic carbocycles. The van der Waals surface area contributed by atoms with Gasteiger partial charge in [0.05, 0.1) is 6.04 Å². The van der Waals surface area contributed by atoms with Gasteiger partial charge in [-0.1, -0.05) is 35.2 Å². The van der Waals surface area contributed by atoms with Gasteiger partial charge in [0.15, 0.2) is 0 Å². The predicted octanol–water partition coefficient (Wildman–Crippen LogP) is 3.48. The molecule has 1 aromatic rings. The second-order valence-corrected chi connectivity index (χ2v) is 4.54. The number of nitrogens with one attached hydrogen (secondary N) is 1. The number of halogens is 2. The summed E-state index contributed by atoms with van der Waals surface area (Å²) in [5.41, 5.74) is 0.630. The van der Waals surface area contributed by atoms with Crippen molar-refractivity contribution in [1.82, 2.24) is 5.32 Å². The molecule has 1 nitrogen and oxygen atoms in total. The highest BCUT2D eigenvalue weighted by atomic mass is 79.9. The molecule has 3 heteroatoms. The summed E-state index contributed by atoms with van der Waals surface area (Å²) in [6, 6.07) is 4.92. The standard InChI is InChI=1S/C13H15BrFN/c1-3-5-12(4-2)16-9-10-8-11(14)6-7-13(10)15/h2,6-8,12,16H,3,5,9H2,1H3. The van der Waals surface area contributed by atoms with Gasteiger partial charge in [0.2, 0.25) is 0 Å². The van der Waals surface area contributed by atoms with E-state index in [1.165, 1.54) is 6.07 Å². The van der Waals surface area contributed by atoms with E-state index in [9.17, 15) is 4.39 Å². The maximum absolute atomic E-state index is 13.4. The maximum atomic E-state index is 13.4. The molecule has 0 saturated heterocycles. The molecule has 86 valence electrons. The summed E-state index contributed by atoms with van der Waals surface area (Å²) in [5.74, 6) is 2.46. The molecule has 0 aromatic heterocycles. The summed E-state index contributed by atoms with van der Waals surface area (Å²) in [6.45, 7) is 2.53. The average molecular weight is 284 g/mol. The topological polar surface area (TPSA) is 12.0 Å². The summed E-state index contributed by atoms with van der Waals surface area (Å²) in [6.07, 6.45) is 7.30. The Morgan fingerprint density at radius 2 is 2.31 bits per heavy atom. The Hall–Kier alpha value is -0.850. The molecular formula is C13H15BrFN. The second-order valence-electron chi connectivity index (χ2n) is 3.62. The third kappa shape index (κ3) is 3.96. The lowest BCUT2D eigenvalue weighted by Crippen LogP contribution is -2.27. The van der Waals surface area contributed by atoms with Gasteiger partial charge in [-0.25, -0.2) is 4.39 Å². The molecule has 0 radical (unpaired) electrons. The van der Waals surface area contributed by atoms with E-state index in [-0.39, 0.29) is 11.9 Å². The Morgan fingerprint density at radius 3 is 2.94 bits per heavy atom. The highest BCUT2D eigenvalue weighted by Gasteiger charge is 2.06. The van der Waals surface area contributed by atoms with Gasteiger partial charge < -0.3 is 0 Å². The molecular weight excluding hydrogens is 269 g/mol. The van der Waals surface area contributed by atoms with Crippen LogP contribution in [0.5, 0.6) is 0 Å². The first-order valence-electron chi connectivity index (χ1n) is 5.30. The van der Waals surface area contributed by atoms with E-state index in [1.807, 2.05) is 0 Å².